The molecule has 0 saturated carbocycles. The van der Waals surface area contributed by atoms with Crippen LogP contribution in [0, 0.1) is 0 Å². The van der Waals surface area contributed by atoms with E-state index in [1.165, 1.54) is 24.3 Å². The summed E-state index contributed by atoms with van der Waals surface area (Å²) in [6.07, 6.45) is 0. The van der Waals surface area contributed by atoms with E-state index < -0.39 is 0 Å². The first kappa shape index (κ1) is 20.5. The highest BCUT2D eigenvalue weighted by molar-refractivity contribution is 5.45. The van der Waals surface area contributed by atoms with Crippen molar-refractivity contribution >= 4 is 11.4 Å². The van der Waals surface area contributed by atoms with Crippen LogP contribution in [-0.2, 0) is 0 Å². The molecular weight excluding hydrogens is 332 g/mol. The zero-order valence-corrected chi connectivity index (χ0v) is 14.7. The molecule has 0 aromatic heterocycles. The van der Waals surface area contributed by atoms with Gasteiger partial charge in [0.05, 0.1) is 0 Å². The lowest BCUT2D eigenvalue weighted by atomic mass is 10.3. The molecule has 6 nitrogen and oxygen atoms in total. The van der Waals surface area contributed by atoms with Crippen molar-refractivity contribution in [2.75, 3.05) is 24.7 Å². The zero-order valence-electron chi connectivity index (χ0n) is 14.7. The third-order valence-electron chi connectivity index (χ3n) is 3.16. The van der Waals surface area contributed by atoms with Crippen LogP contribution in [-0.4, -0.2) is 34.5 Å². The predicted molar refractivity (Wildman–Crippen MR) is 105 cm³/mol. The molecular formula is C20H24N2O4. The molecule has 138 valence electrons. The fraction of sp³-hybridized carbons (Fsp3) is 0.100. The van der Waals surface area contributed by atoms with E-state index in [0.29, 0.717) is 11.5 Å². The van der Waals surface area contributed by atoms with Gasteiger partial charge in [-0.25, -0.2) is 0 Å². The SMILES string of the molecule is CNc1ccc(O)cc1.CNc1ccc(O)cc1.Oc1ccc(O)cc1. The minimum absolute atomic E-state index is 0.169. The molecule has 26 heavy (non-hydrogen) atoms. The Hall–Kier alpha value is -3.54. The van der Waals surface area contributed by atoms with E-state index >= 15 is 0 Å². The van der Waals surface area contributed by atoms with E-state index in [-0.39, 0.29) is 11.5 Å². The summed E-state index contributed by atoms with van der Waals surface area (Å²) in [7, 11) is 3.68. The minimum atomic E-state index is 0.169. The lowest BCUT2D eigenvalue weighted by Gasteiger charge is -1.96. The number of phenols is 4. The highest BCUT2D eigenvalue weighted by Gasteiger charge is 1.86. The molecule has 0 amide bonds. The second-order valence-corrected chi connectivity index (χ2v) is 5.11. The van der Waals surface area contributed by atoms with E-state index in [1.807, 2.05) is 38.4 Å². The number of benzene rings is 3. The Morgan fingerprint density at radius 2 is 0.615 bits per heavy atom. The summed E-state index contributed by atoms with van der Waals surface area (Å²) < 4.78 is 0. The standard InChI is InChI=1S/2C7H9NO.C6H6O2/c2*1-8-6-2-4-7(9)5-3-6;7-5-1-2-6(8)4-3-5/h2*2-5,8-9H,1H3;1-4,7-8H. The first-order chi connectivity index (χ1) is 12.4. The van der Waals surface area contributed by atoms with Crippen LogP contribution in [0.5, 0.6) is 23.0 Å². The van der Waals surface area contributed by atoms with E-state index in [0.717, 1.165) is 11.4 Å². The first-order valence-corrected chi connectivity index (χ1v) is 7.86. The summed E-state index contributed by atoms with van der Waals surface area (Å²) in [6, 6.07) is 19.5. The molecule has 3 rings (SSSR count). The maximum Gasteiger partial charge on any atom is 0.115 e. The van der Waals surface area contributed by atoms with E-state index in [1.54, 1.807) is 24.3 Å². The largest absolute Gasteiger partial charge is 0.508 e. The summed E-state index contributed by atoms with van der Waals surface area (Å²) in [5, 5.41) is 40.8. The van der Waals surface area contributed by atoms with Crippen molar-refractivity contribution < 1.29 is 20.4 Å². The Kier molecular flexibility index (Phi) is 8.75. The van der Waals surface area contributed by atoms with Crippen LogP contribution >= 0.6 is 0 Å². The number of anilines is 2. The van der Waals surface area contributed by atoms with Crippen LogP contribution in [0.25, 0.3) is 0 Å². The van der Waals surface area contributed by atoms with Crippen molar-refractivity contribution in [1.29, 1.82) is 0 Å². The maximum absolute atomic E-state index is 8.82. The molecule has 0 saturated heterocycles. The number of hydrogen-bond donors (Lipinski definition) is 6. The highest BCUT2D eigenvalue weighted by atomic mass is 16.3. The van der Waals surface area contributed by atoms with Gasteiger partial charge >= 0.3 is 0 Å². The van der Waals surface area contributed by atoms with Crippen molar-refractivity contribution in [2.24, 2.45) is 0 Å². The van der Waals surface area contributed by atoms with Gasteiger partial charge in [-0.1, -0.05) is 0 Å². The monoisotopic (exact) mass is 356 g/mol. The Morgan fingerprint density at radius 3 is 0.808 bits per heavy atom. The van der Waals surface area contributed by atoms with Gasteiger partial charge < -0.3 is 31.1 Å². The molecule has 3 aromatic rings. The topological polar surface area (TPSA) is 105 Å². The van der Waals surface area contributed by atoms with Crippen LogP contribution in [0.1, 0.15) is 0 Å². The van der Waals surface area contributed by atoms with Crippen LogP contribution in [0.15, 0.2) is 72.8 Å². The number of rotatable bonds is 2. The van der Waals surface area contributed by atoms with Crippen LogP contribution in [0.2, 0.25) is 0 Å². The summed E-state index contributed by atoms with van der Waals surface area (Å²) in [5.74, 6) is 0.939. The summed E-state index contributed by atoms with van der Waals surface area (Å²) in [5.41, 5.74) is 2.01. The first-order valence-electron chi connectivity index (χ1n) is 7.86. The predicted octanol–water partition coefficient (Wildman–Crippen LogP) is 3.97. The smallest absolute Gasteiger partial charge is 0.115 e. The Labute approximate surface area is 153 Å². The zero-order chi connectivity index (χ0) is 19.4. The van der Waals surface area contributed by atoms with Crippen molar-refractivity contribution in [1.82, 2.24) is 0 Å². The third kappa shape index (κ3) is 8.35. The van der Waals surface area contributed by atoms with Crippen molar-refractivity contribution in [3.63, 3.8) is 0 Å². The Morgan fingerprint density at radius 1 is 0.423 bits per heavy atom. The molecule has 0 aliphatic rings. The van der Waals surface area contributed by atoms with Crippen LogP contribution in [0.4, 0.5) is 11.4 Å². The molecule has 0 aliphatic carbocycles. The van der Waals surface area contributed by atoms with Gasteiger partial charge in [-0.2, -0.15) is 0 Å². The van der Waals surface area contributed by atoms with Gasteiger partial charge in [-0.3, -0.25) is 0 Å². The fourth-order valence-electron chi connectivity index (χ4n) is 1.71. The Bertz CT molecular complexity index is 676. The fourth-order valence-corrected chi connectivity index (χ4v) is 1.71. The maximum atomic E-state index is 8.82. The van der Waals surface area contributed by atoms with E-state index in [4.69, 9.17) is 20.4 Å². The third-order valence-corrected chi connectivity index (χ3v) is 3.16. The quantitative estimate of drug-likeness (QED) is 0.388. The second-order valence-electron chi connectivity index (χ2n) is 5.11. The number of phenolic OH excluding ortho intramolecular Hbond substituents is 4. The summed E-state index contributed by atoms with van der Waals surface area (Å²) >= 11 is 0. The number of nitrogens with one attached hydrogen (secondary N) is 2. The molecule has 0 spiro atoms. The van der Waals surface area contributed by atoms with Crippen LogP contribution < -0.4 is 10.6 Å². The number of hydrogen-bond acceptors (Lipinski definition) is 6. The van der Waals surface area contributed by atoms with Gasteiger partial charge in [0.25, 0.3) is 0 Å². The highest BCUT2D eigenvalue weighted by Crippen LogP contribution is 2.14. The Balaban J connectivity index is 0.000000195. The molecule has 0 atom stereocenters. The van der Waals surface area contributed by atoms with Crippen molar-refractivity contribution in [3.05, 3.63) is 72.8 Å². The van der Waals surface area contributed by atoms with Gasteiger partial charge in [-0.05, 0) is 72.8 Å². The molecule has 0 bridgehead atoms. The van der Waals surface area contributed by atoms with Crippen molar-refractivity contribution in [2.45, 2.75) is 0 Å². The van der Waals surface area contributed by atoms with Crippen molar-refractivity contribution in [3.8, 4) is 23.0 Å². The molecule has 6 N–H and O–H groups in total. The van der Waals surface area contributed by atoms with Gasteiger partial charge in [0, 0.05) is 25.5 Å². The average molecular weight is 356 g/mol. The van der Waals surface area contributed by atoms with E-state index in [2.05, 4.69) is 10.6 Å². The van der Waals surface area contributed by atoms with Gasteiger partial charge in [0.2, 0.25) is 0 Å². The normalized spacial score (nSPS) is 9.00. The molecule has 0 radical (unpaired) electrons. The molecule has 3 aromatic carbocycles. The van der Waals surface area contributed by atoms with E-state index in [9.17, 15) is 0 Å². The van der Waals surface area contributed by atoms with Crippen LogP contribution in [0.3, 0.4) is 0 Å². The lowest BCUT2D eigenvalue weighted by Crippen LogP contribution is -1.84. The lowest BCUT2D eigenvalue weighted by molar-refractivity contribution is 0.460. The van der Waals surface area contributed by atoms with Gasteiger partial charge in [0.1, 0.15) is 23.0 Å². The van der Waals surface area contributed by atoms with Gasteiger partial charge in [0.15, 0.2) is 0 Å². The molecule has 0 aliphatic heterocycles. The summed E-state index contributed by atoms with van der Waals surface area (Å²) in [6.45, 7) is 0. The molecule has 0 fully saturated rings. The minimum Gasteiger partial charge on any atom is -0.508 e. The molecule has 0 unspecified atom stereocenters. The number of aromatic hydroxyl groups is 4. The molecule has 6 heteroatoms. The second kappa shape index (κ2) is 11.1. The average Bonchev–Trinajstić information content (AvgIpc) is 2.66. The van der Waals surface area contributed by atoms with Gasteiger partial charge in [-0.15, -0.1) is 0 Å². The summed E-state index contributed by atoms with van der Waals surface area (Å²) in [4.78, 5) is 0. The molecule has 0 heterocycles.